The lowest BCUT2D eigenvalue weighted by Crippen LogP contribution is -2.34. The summed E-state index contributed by atoms with van der Waals surface area (Å²) in [5.41, 5.74) is 4.49. The fourth-order valence-electron chi connectivity index (χ4n) is 2.26. The molecule has 29 heavy (non-hydrogen) atoms. The Morgan fingerprint density at radius 1 is 1.17 bits per heavy atom. The molecule has 0 atom stereocenters. The van der Waals surface area contributed by atoms with Gasteiger partial charge in [0.1, 0.15) is 5.75 Å². The molecular formula is C21H24BrN3O3S. The SMILES string of the molecule is CC(C)NC(=O)COc1ccc(C=NNC(=O)CSCc2cccc(Br)c2)cc1. The van der Waals surface area contributed by atoms with Crippen LogP contribution in [0.15, 0.2) is 58.1 Å². The molecule has 0 aliphatic heterocycles. The standard InChI is InChI=1S/C21H24BrN3O3S/c1-15(2)24-20(26)12-28-19-8-6-16(7-9-19)11-23-25-21(27)14-29-13-17-4-3-5-18(22)10-17/h3-11,15H,12-14H2,1-2H3,(H,24,26)(H,25,27). The monoisotopic (exact) mass is 477 g/mol. The van der Waals surface area contributed by atoms with Gasteiger partial charge in [-0.2, -0.15) is 5.10 Å². The first-order valence-electron chi connectivity index (χ1n) is 9.08. The van der Waals surface area contributed by atoms with Crippen molar-refractivity contribution in [3.05, 3.63) is 64.1 Å². The summed E-state index contributed by atoms with van der Waals surface area (Å²) in [5.74, 6) is 1.36. The topological polar surface area (TPSA) is 79.8 Å². The van der Waals surface area contributed by atoms with Crippen molar-refractivity contribution in [2.45, 2.75) is 25.6 Å². The van der Waals surface area contributed by atoms with Gasteiger partial charge in [-0.1, -0.05) is 28.1 Å². The maximum Gasteiger partial charge on any atom is 0.258 e. The summed E-state index contributed by atoms with van der Waals surface area (Å²) in [6, 6.07) is 15.2. The van der Waals surface area contributed by atoms with E-state index in [-0.39, 0.29) is 24.5 Å². The Kier molecular flexibility index (Phi) is 9.73. The van der Waals surface area contributed by atoms with Crippen molar-refractivity contribution in [3.8, 4) is 5.75 Å². The maximum atomic E-state index is 11.9. The molecule has 0 aliphatic carbocycles. The minimum absolute atomic E-state index is 0.0285. The molecule has 2 rings (SSSR count). The van der Waals surface area contributed by atoms with E-state index >= 15 is 0 Å². The summed E-state index contributed by atoms with van der Waals surface area (Å²) in [6.45, 7) is 3.76. The van der Waals surface area contributed by atoms with Gasteiger partial charge in [0.05, 0.1) is 12.0 Å². The molecule has 0 bridgehead atoms. The highest BCUT2D eigenvalue weighted by Gasteiger charge is 2.04. The van der Waals surface area contributed by atoms with E-state index in [1.807, 2.05) is 38.1 Å². The molecule has 8 heteroatoms. The number of thioether (sulfide) groups is 1. The minimum Gasteiger partial charge on any atom is -0.484 e. The number of hydrazone groups is 1. The van der Waals surface area contributed by atoms with Crippen molar-refractivity contribution in [1.29, 1.82) is 0 Å². The lowest BCUT2D eigenvalue weighted by Gasteiger charge is -2.09. The summed E-state index contributed by atoms with van der Waals surface area (Å²) < 4.78 is 6.45. The average molecular weight is 478 g/mol. The zero-order chi connectivity index (χ0) is 21.1. The van der Waals surface area contributed by atoms with Crippen LogP contribution in [-0.2, 0) is 15.3 Å². The van der Waals surface area contributed by atoms with E-state index in [0.29, 0.717) is 11.5 Å². The van der Waals surface area contributed by atoms with Gasteiger partial charge < -0.3 is 10.1 Å². The summed E-state index contributed by atoms with van der Waals surface area (Å²) in [4.78, 5) is 23.4. The average Bonchev–Trinajstić information content (AvgIpc) is 2.67. The molecule has 2 aromatic rings. The molecule has 2 N–H and O–H groups in total. The second-order valence-electron chi connectivity index (χ2n) is 6.50. The molecule has 0 saturated heterocycles. The smallest absolute Gasteiger partial charge is 0.258 e. The van der Waals surface area contributed by atoms with Crippen molar-refractivity contribution in [1.82, 2.24) is 10.7 Å². The van der Waals surface area contributed by atoms with Gasteiger partial charge in [-0.25, -0.2) is 5.43 Å². The van der Waals surface area contributed by atoms with E-state index in [1.165, 1.54) is 11.8 Å². The van der Waals surface area contributed by atoms with E-state index in [9.17, 15) is 9.59 Å². The van der Waals surface area contributed by atoms with E-state index < -0.39 is 0 Å². The van der Waals surface area contributed by atoms with Crippen LogP contribution in [0.2, 0.25) is 0 Å². The lowest BCUT2D eigenvalue weighted by atomic mass is 10.2. The fraction of sp³-hybridized carbons (Fsp3) is 0.286. The van der Waals surface area contributed by atoms with Crippen LogP contribution in [0.25, 0.3) is 0 Å². The molecule has 0 spiro atoms. The van der Waals surface area contributed by atoms with Crippen LogP contribution in [0.4, 0.5) is 0 Å². The van der Waals surface area contributed by atoms with Crippen LogP contribution in [0.3, 0.4) is 0 Å². The largest absolute Gasteiger partial charge is 0.484 e. The van der Waals surface area contributed by atoms with E-state index in [2.05, 4.69) is 31.8 Å². The first-order valence-corrected chi connectivity index (χ1v) is 11.0. The fourth-order valence-corrected chi connectivity index (χ4v) is 3.48. The molecular weight excluding hydrogens is 454 g/mol. The molecule has 0 aliphatic rings. The van der Waals surface area contributed by atoms with E-state index in [0.717, 1.165) is 21.4 Å². The van der Waals surface area contributed by atoms with Gasteiger partial charge in [-0.05, 0) is 61.4 Å². The lowest BCUT2D eigenvalue weighted by molar-refractivity contribution is -0.123. The highest BCUT2D eigenvalue weighted by atomic mass is 79.9. The Morgan fingerprint density at radius 2 is 1.93 bits per heavy atom. The maximum absolute atomic E-state index is 11.9. The van der Waals surface area contributed by atoms with Crippen LogP contribution in [-0.4, -0.2) is 36.4 Å². The van der Waals surface area contributed by atoms with Crippen LogP contribution < -0.4 is 15.5 Å². The molecule has 0 unspecified atom stereocenters. The van der Waals surface area contributed by atoms with Gasteiger partial charge in [0.25, 0.3) is 5.91 Å². The number of carbonyl (C=O) groups is 2. The Balaban J connectivity index is 1.68. The Hall–Kier alpha value is -2.32. The highest BCUT2D eigenvalue weighted by Crippen LogP contribution is 2.16. The Bertz CT molecular complexity index is 841. The first-order chi connectivity index (χ1) is 13.9. The van der Waals surface area contributed by atoms with Crippen LogP contribution >= 0.6 is 27.7 Å². The zero-order valence-electron chi connectivity index (χ0n) is 16.4. The number of halogens is 1. The van der Waals surface area contributed by atoms with Gasteiger partial charge >= 0.3 is 0 Å². The predicted molar refractivity (Wildman–Crippen MR) is 121 cm³/mol. The van der Waals surface area contributed by atoms with Crippen LogP contribution in [0.1, 0.15) is 25.0 Å². The highest BCUT2D eigenvalue weighted by molar-refractivity contribution is 9.10. The second kappa shape index (κ2) is 12.3. The summed E-state index contributed by atoms with van der Waals surface area (Å²) in [7, 11) is 0. The molecule has 0 aromatic heterocycles. The minimum atomic E-state index is -0.161. The van der Waals surface area contributed by atoms with E-state index in [1.54, 1.807) is 30.5 Å². The number of nitrogens with zero attached hydrogens (tertiary/aromatic N) is 1. The molecule has 0 radical (unpaired) electrons. The molecule has 2 aromatic carbocycles. The van der Waals surface area contributed by atoms with Crippen molar-refractivity contribution in [2.75, 3.05) is 12.4 Å². The van der Waals surface area contributed by atoms with Crippen molar-refractivity contribution in [3.63, 3.8) is 0 Å². The van der Waals surface area contributed by atoms with Gasteiger partial charge in [-0.15, -0.1) is 11.8 Å². The van der Waals surface area contributed by atoms with E-state index in [4.69, 9.17) is 4.74 Å². The van der Waals surface area contributed by atoms with Gasteiger partial charge in [-0.3, -0.25) is 9.59 Å². The molecule has 6 nitrogen and oxygen atoms in total. The van der Waals surface area contributed by atoms with Crippen LogP contribution in [0, 0.1) is 0 Å². The summed E-state index contributed by atoms with van der Waals surface area (Å²) in [5, 5.41) is 6.73. The normalized spacial score (nSPS) is 10.9. The number of hydrogen-bond acceptors (Lipinski definition) is 5. The number of hydrogen-bond donors (Lipinski definition) is 2. The Morgan fingerprint density at radius 3 is 2.62 bits per heavy atom. The summed E-state index contributed by atoms with van der Waals surface area (Å²) >= 11 is 4.96. The third-order valence-electron chi connectivity index (χ3n) is 3.49. The van der Waals surface area contributed by atoms with Gasteiger partial charge in [0.15, 0.2) is 6.61 Å². The number of nitrogens with one attached hydrogen (secondary N) is 2. The van der Waals surface area contributed by atoms with Gasteiger partial charge in [0, 0.05) is 16.3 Å². The summed E-state index contributed by atoms with van der Waals surface area (Å²) in [6.07, 6.45) is 1.56. The first kappa shape index (κ1) is 23.0. The number of ether oxygens (including phenoxy) is 1. The third-order valence-corrected chi connectivity index (χ3v) is 4.99. The number of benzene rings is 2. The second-order valence-corrected chi connectivity index (χ2v) is 8.40. The zero-order valence-corrected chi connectivity index (χ0v) is 18.8. The molecule has 2 amide bonds. The predicted octanol–water partition coefficient (Wildman–Crippen LogP) is 3.74. The van der Waals surface area contributed by atoms with Crippen molar-refractivity contribution >= 4 is 45.7 Å². The van der Waals surface area contributed by atoms with Crippen molar-refractivity contribution < 1.29 is 14.3 Å². The molecule has 154 valence electrons. The number of rotatable bonds is 10. The molecule has 0 heterocycles. The van der Waals surface area contributed by atoms with Crippen LogP contribution in [0.5, 0.6) is 5.75 Å². The molecule has 0 saturated carbocycles. The third kappa shape index (κ3) is 9.62. The number of carbonyl (C=O) groups excluding carboxylic acids is 2. The number of amides is 2. The Labute approximate surface area is 183 Å². The molecule has 0 fully saturated rings. The van der Waals surface area contributed by atoms with Gasteiger partial charge in [0.2, 0.25) is 5.91 Å². The van der Waals surface area contributed by atoms with Crippen molar-refractivity contribution in [2.24, 2.45) is 5.10 Å². The quantitative estimate of drug-likeness (QED) is 0.403.